The van der Waals surface area contributed by atoms with Crippen molar-refractivity contribution < 1.29 is 0 Å². The van der Waals surface area contributed by atoms with Gasteiger partial charge >= 0.3 is 0 Å². The van der Waals surface area contributed by atoms with Crippen molar-refractivity contribution in [2.45, 2.75) is 31.2 Å². The van der Waals surface area contributed by atoms with Crippen LogP contribution in [0.3, 0.4) is 0 Å². The fourth-order valence-corrected chi connectivity index (χ4v) is 4.07. The van der Waals surface area contributed by atoms with Crippen molar-refractivity contribution in [2.75, 3.05) is 11.9 Å². The van der Waals surface area contributed by atoms with Gasteiger partial charge in [0.1, 0.15) is 11.6 Å². The van der Waals surface area contributed by atoms with Gasteiger partial charge in [0, 0.05) is 31.4 Å². The minimum absolute atomic E-state index is 0.326. The van der Waals surface area contributed by atoms with E-state index >= 15 is 0 Å². The summed E-state index contributed by atoms with van der Waals surface area (Å²) in [5, 5.41) is 17.9. The van der Waals surface area contributed by atoms with Crippen molar-refractivity contribution in [3.63, 3.8) is 0 Å². The Morgan fingerprint density at radius 1 is 1.26 bits per heavy atom. The van der Waals surface area contributed by atoms with Crippen LogP contribution >= 0.6 is 0 Å². The molecule has 2 atom stereocenters. The van der Waals surface area contributed by atoms with Gasteiger partial charge in [0.15, 0.2) is 11.3 Å². The molecular weight excluding hydrogens is 340 g/mol. The lowest BCUT2D eigenvalue weighted by molar-refractivity contribution is 0.613. The van der Waals surface area contributed by atoms with Gasteiger partial charge in [0.05, 0.1) is 23.3 Å². The second-order valence-electron chi connectivity index (χ2n) is 7.01. The molecule has 0 amide bonds. The molecule has 0 unspecified atom stereocenters. The van der Waals surface area contributed by atoms with Crippen molar-refractivity contribution in [1.29, 1.82) is 5.26 Å². The Balaban J connectivity index is 1.45. The smallest absolute Gasteiger partial charge is 0.179 e. The van der Waals surface area contributed by atoms with Gasteiger partial charge < -0.3 is 9.88 Å². The third-order valence-corrected chi connectivity index (χ3v) is 5.52. The zero-order chi connectivity index (χ0) is 18.4. The maximum Gasteiger partial charge on any atom is 0.179 e. The number of nitrogens with zero attached hydrogens (tertiary/aromatic N) is 7. The van der Waals surface area contributed by atoms with Crippen molar-refractivity contribution in [3.05, 3.63) is 48.2 Å². The first kappa shape index (κ1) is 15.8. The van der Waals surface area contributed by atoms with E-state index in [-0.39, 0.29) is 0 Å². The number of hydrogen-bond donors (Lipinski definition) is 1. The molecule has 4 aromatic heterocycles. The van der Waals surface area contributed by atoms with E-state index < -0.39 is 0 Å². The minimum atomic E-state index is 0.326. The summed E-state index contributed by atoms with van der Waals surface area (Å²) in [6, 6.07) is 8.12. The first-order chi connectivity index (χ1) is 13.2. The summed E-state index contributed by atoms with van der Waals surface area (Å²) in [5.41, 5.74) is 3.25. The lowest BCUT2D eigenvalue weighted by atomic mass is 10.1. The van der Waals surface area contributed by atoms with Crippen molar-refractivity contribution >= 4 is 22.6 Å². The van der Waals surface area contributed by atoms with Gasteiger partial charge in [-0.25, -0.2) is 9.97 Å². The number of aromatic amines is 1. The van der Waals surface area contributed by atoms with Crippen LogP contribution in [0.1, 0.15) is 36.6 Å². The second kappa shape index (κ2) is 6.06. The van der Waals surface area contributed by atoms with E-state index in [1.54, 1.807) is 18.5 Å². The number of aromatic nitrogens is 6. The Kier molecular flexibility index (Phi) is 3.53. The fourth-order valence-electron chi connectivity index (χ4n) is 4.07. The topological polar surface area (TPSA) is 98.8 Å². The van der Waals surface area contributed by atoms with Crippen LogP contribution in [0.15, 0.2) is 36.8 Å². The molecule has 5 rings (SSSR count). The number of nitrogens with one attached hydrogen (secondary N) is 1. The van der Waals surface area contributed by atoms with Gasteiger partial charge in [-0.3, -0.25) is 4.40 Å². The number of nitriles is 1. The predicted octanol–water partition coefficient (Wildman–Crippen LogP) is 2.64. The van der Waals surface area contributed by atoms with Crippen LogP contribution in [0.25, 0.3) is 16.8 Å². The van der Waals surface area contributed by atoms with Crippen LogP contribution in [0, 0.1) is 11.3 Å². The molecule has 1 aliphatic carbocycles. The highest BCUT2D eigenvalue weighted by Crippen LogP contribution is 2.37. The fraction of sp³-hybridized carbons (Fsp3) is 0.316. The average Bonchev–Trinajstić information content (AvgIpc) is 3.44. The van der Waals surface area contributed by atoms with Gasteiger partial charge in [-0.2, -0.15) is 5.26 Å². The third-order valence-electron chi connectivity index (χ3n) is 5.52. The Morgan fingerprint density at radius 3 is 3.07 bits per heavy atom. The van der Waals surface area contributed by atoms with Crippen LogP contribution in [-0.4, -0.2) is 42.6 Å². The van der Waals surface area contributed by atoms with E-state index in [9.17, 15) is 0 Å². The number of pyridine rings is 1. The molecule has 1 saturated carbocycles. The van der Waals surface area contributed by atoms with E-state index in [2.05, 4.69) is 40.5 Å². The molecule has 8 heteroatoms. The van der Waals surface area contributed by atoms with Crippen molar-refractivity contribution in [3.8, 4) is 6.07 Å². The van der Waals surface area contributed by atoms with Gasteiger partial charge in [0.25, 0.3) is 0 Å². The Bertz CT molecular complexity index is 1170. The Labute approximate surface area is 155 Å². The van der Waals surface area contributed by atoms with Crippen LogP contribution in [-0.2, 0) is 0 Å². The molecule has 1 fully saturated rings. The van der Waals surface area contributed by atoms with Gasteiger partial charge in [-0.1, -0.05) is 0 Å². The van der Waals surface area contributed by atoms with Crippen LogP contribution in [0.2, 0.25) is 0 Å². The molecule has 0 spiro atoms. The monoisotopic (exact) mass is 358 g/mol. The first-order valence-electron chi connectivity index (χ1n) is 9.00. The van der Waals surface area contributed by atoms with Crippen LogP contribution in [0.5, 0.6) is 0 Å². The number of anilines is 1. The van der Waals surface area contributed by atoms with E-state index in [4.69, 9.17) is 5.26 Å². The highest BCUT2D eigenvalue weighted by Gasteiger charge is 2.32. The van der Waals surface area contributed by atoms with Crippen molar-refractivity contribution in [2.24, 2.45) is 0 Å². The van der Waals surface area contributed by atoms with E-state index in [0.717, 1.165) is 47.7 Å². The highest BCUT2D eigenvalue weighted by molar-refractivity contribution is 5.74. The Hall–Kier alpha value is -3.47. The summed E-state index contributed by atoms with van der Waals surface area (Å²) in [5.74, 6) is 2.15. The number of hydrogen-bond acceptors (Lipinski definition) is 6. The number of rotatable bonds is 3. The molecule has 134 valence electrons. The summed E-state index contributed by atoms with van der Waals surface area (Å²) >= 11 is 0. The van der Waals surface area contributed by atoms with Crippen molar-refractivity contribution in [1.82, 2.24) is 29.5 Å². The molecule has 0 aromatic carbocycles. The molecular formula is C19H18N8. The lowest BCUT2D eigenvalue weighted by Crippen LogP contribution is -2.30. The molecule has 1 aliphatic rings. The molecule has 0 bridgehead atoms. The molecule has 0 saturated heterocycles. The molecule has 4 heterocycles. The maximum atomic E-state index is 9.12. The van der Waals surface area contributed by atoms with Crippen LogP contribution in [0.4, 0.5) is 5.82 Å². The Morgan fingerprint density at radius 2 is 2.19 bits per heavy atom. The minimum Gasteiger partial charge on any atom is -0.357 e. The summed E-state index contributed by atoms with van der Waals surface area (Å²) in [6.07, 6.45) is 8.41. The predicted molar refractivity (Wildman–Crippen MR) is 100 cm³/mol. The van der Waals surface area contributed by atoms with E-state index in [0.29, 0.717) is 17.5 Å². The summed E-state index contributed by atoms with van der Waals surface area (Å²) in [6.45, 7) is 0. The molecule has 27 heavy (non-hydrogen) atoms. The van der Waals surface area contributed by atoms with E-state index in [1.165, 1.54) is 0 Å². The molecule has 4 aromatic rings. The zero-order valence-electron chi connectivity index (χ0n) is 14.9. The second-order valence-corrected chi connectivity index (χ2v) is 7.01. The largest absolute Gasteiger partial charge is 0.357 e. The summed E-state index contributed by atoms with van der Waals surface area (Å²) in [7, 11) is 2.05. The van der Waals surface area contributed by atoms with E-state index in [1.807, 2.05) is 25.4 Å². The first-order valence-corrected chi connectivity index (χ1v) is 9.00. The molecule has 1 N–H and O–H groups in total. The zero-order valence-corrected chi connectivity index (χ0v) is 14.9. The summed E-state index contributed by atoms with van der Waals surface area (Å²) < 4.78 is 2.11. The standard InChI is InChI=1S/C19H18N8/c1-26(16-8-12(10-20)4-6-21-16)14-3-2-13(9-14)19-25-24-17-11-23-18-15(27(17)19)5-7-22-18/h4-8,11,13-14,22H,2-3,9H2,1H3/t13-,14+/m1/s1. The average molecular weight is 358 g/mol. The maximum absolute atomic E-state index is 9.12. The number of fused-ring (bicyclic) bond motifs is 3. The van der Waals surface area contributed by atoms with Crippen LogP contribution < -0.4 is 4.90 Å². The molecule has 0 aliphatic heterocycles. The van der Waals surface area contributed by atoms with Gasteiger partial charge in [-0.05, 0) is 37.5 Å². The summed E-state index contributed by atoms with van der Waals surface area (Å²) in [4.78, 5) is 14.1. The highest BCUT2D eigenvalue weighted by atomic mass is 15.3. The van der Waals surface area contributed by atoms with Gasteiger partial charge in [-0.15, -0.1) is 10.2 Å². The number of H-pyrrole nitrogens is 1. The SMILES string of the molecule is CN(c1cc(C#N)ccn1)[C@H]1CC[C@@H](c2nnc3cnc4[nH]ccc4n23)C1. The quantitative estimate of drug-likeness (QED) is 0.604. The molecule has 0 radical (unpaired) electrons. The lowest BCUT2D eigenvalue weighted by Gasteiger charge is -2.25. The normalized spacial score (nSPS) is 19.6. The molecule has 8 nitrogen and oxygen atoms in total. The third kappa shape index (κ3) is 2.51. The van der Waals surface area contributed by atoms with Gasteiger partial charge in [0.2, 0.25) is 0 Å².